The fourth-order valence-corrected chi connectivity index (χ4v) is 4.51. The van der Waals surface area contributed by atoms with E-state index >= 15 is 0 Å². The molecule has 154 valence electrons. The van der Waals surface area contributed by atoms with Crippen LogP contribution in [-0.2, 0) is 14.4 Å². The van der Waals surface area contributed by atoms with Crippen LogP contribution in [0.1, 0.15) is 60.7 Å². The van der Waals surface area contributed by atoms with Crippen LogP contribution < -0.4 is 0 Å². The normalized spacial score (nSPS) is 25.8. The molecule has 0 radical (unpaired) electrons. The molecular formula is C21H24N2O6. The summed E-state index contributed by atoms with van der Waals surface area (Å²) in [6, 6.07) is 5.43. The van der Waals surface area contributed by atoms with Gasteiger partial charge in [-0.25, -0.2) is 9.59 Å². The summed E-state index contributed by atoms with van der Waals surface area (Å²) in [7, 11) is 0. The summed E-state index contributed by atoms with van der Waals surface area (Å²) >= 11 is 0. The van der Waals surface area contributed by atoms with Gasteiger partial charge in [-0.3, -0.25) is 14.5 Å². The predicted octanol–water partition coefficient (Wildman–Crippen LogP) is 2.78. The van der Waals surface area contributed by atoms with Crippen molar-refractivity contribution in [1.29, 1.82) is 0 Å². The molecule has 0 aromatic heterocycles. The maximum Gasteiger partial charge on any atom is 0.411 e. The predicted molar refractivity (Wildman–Crippen MR) is 101 cm³/mol. The third kappa shape index (κ3) is 3.36. The van der Waals surface area contributed by atoms with Gasteiger partial charge in [0, 0.05) is 6.54 Å². The molecule has 3 aliphatic rings. The van der Waals surface area contributed by atoms with Crippen LogP contribution in [0.25, 0.3) is 0 Å². The molecule has 1 saturated heterocycles. The highest BCUT2D eigenvalue weighted by Crippen LogP contribution is 2.43. The van der Waals surface area contributed by atoms with Crippen molar-refractivity contribution < 1.29 is 28.8 Å². The third-order valence-corrected chi connectivity index (χ3v) is 5.70. The Morgan fingerprint density at radius 2 is 1.66 bits per heavy atom. The van der Waals surface area contributed by atoms with E-state index in [1.807, 2.05) is 0 Å². The minimum absolute atomic E-state index is 0.0646. The fraction of sp³-hybridized carbons (Fsp3) is 0.524. The standard InChI is InChI=1S/C21H24N2O6/c1-21(2,3)28-20(27)22-11-12-7-6-10-13(12)16(22)19(26)29-23-17(24)14-8-4-5-9-15(14)18(23)25/h4-5,8-9,12-13,16H,6-7,10-11H2,1-3H3/t12-,13-,16+/m1/s1. The molecule has 0 bridgehead atoms. The first-order valence-electron chi connectivity index (χ1n) is 9.86. The van der Waals surface area contributed by atoms with Crippen LogP contribution in [0.15, 0.2) is 24.3 Å². The first-order chi connectivity index (χ1) is 13.7. The molecule has 1 aliphatic carbocycles. The van der Waals surface area contributed by atoms with Gasteiger partial charge in [0.15, 0.2) is 0 Å². The van der Waals surface area contributed by atoms with Crippen molar-refractivity contribution >= 4 is 23.9 Å². The summed E-state index contributed by atoms with van der Waals surface area (Å²) in [6.45, 7) is 5.68. The lowest BCUT2D eigenvalue weighted by atomic mass is 9.94. The van der Waals surface area contributed by atoms with Gasteiger partial charge < -0.3 is 9.57 Å². The maximum absolute atomic E-state index is 13.0. The number of rotatable bonds is 2. The highest BCUT2D eigenvalue weighted by atomic mass is 16.7. The lowest BCUT2D eigenvalue weighted by Crippen LogP contribution is -2.48. The van der Waals surface area contributed by atoms with E-state index in [1.54, 1.807) is 32.9 Å². The molecule has 3 amide bonds. The Morgan fingerprint density at radius 3 is 2.24 bits per heavy atom. The topological polar surface area (TPSA) is 93.2 Å². The second kappa shape index (κ2) is 6.86. The van der Waals surface area contributed by atoms with Gasteiger partial charge >= 0.3 is 12.1 Å². The second-order valence-electron chi connectivity index (χ2n) is 8.79. The Morgan fingerprint density at radius 1 is 1.03 bits per heavy atom. The summed E-state index contributed by atoms with van der Waals surface area (Å²) < 4.78 is 5.46. The first-order valence-corrected chi connectivity index (χ1v) is 9.86. The summed E-state index contributed by atoms with van der Waals surface area (Å²) in [5, 5.41) is 0.503. The highest BCUT2D eigenvalue weighted by Gasteiger charge is 2.52. The van der Waals surface area contributed by atoms with E-state index in [0.29, 0.717) is 11.6 Å². The van der Waals surface area contributed by atoms with Gasteiger partial charge in [0.2, 0.25) is 0 Å². The zero-order valence-corrected chi connectivity index (χ0v) is 16.7. The van der Waals surface area contributed by atoms with Gasteiger partial charge in [0.05, 0.1) is 11.1 Å². The first kappa shape index (κ1) is 19.4. The van der Waals surface area contributed by atoms with Crippen LogP contribution in [-0.4, -0.2) is 52.0 Å². The molecule has 8 heteroatoms. The molecule has 0 N–H and O–H groups in total. The molecule has 8 nitrogen and oxygen atoms in total. The maximum atomic E-state index is 13.0. The van der Waals surface area contributed by atoms with E-state index in [2.05, 4.69) is 0 Å². The SMILES string of the molecule is CC(C)(C)OC(=O)N1C[C@H]2CCC[C@H]2[C@H]1C(=O)ON1C(=O)c2ccccc2C1=O. The van der Waals surface area contributed by atoms with Gasteiger partial charge in [-0.15, -0.1) is 0 Å². The number of amides is 3. The fourth-order valence-electron chi connectivity index (χ4n) is 4.51. The van der Waals surface area contributed by atoms with Gasteiger partial charge in [0.25, 0.3) is 11.8 Å². The Balaban J connectivity index is 1.55. The van der Waals surface area contributed by atoms with Crippen LogP contribution in [0.2, 0.25) is 0 Å². The summed E-state index contributed by atoms with van der Waals surface area (Å²) in [5.41, 5.74) is -0.315. The molecule has 0 unspecified atom stereocenters. The lowest BCUT2D eigenvalue weighted by Gasteiger charge is -2.29. The molecular weight excluding hydrogens is 376 g/mol. The van der Waals surface area contributed by atoms with Crippen molar-refractivity contribution in [2.24, 2.45) is 11.8 Å². The van der Waals surface area contributed by atoms with Crippen molar-refractivity contribution in [2.45, 2.75) is 51.7 Å². The number of carbonyl (C=O) groups excluding carboxylic acids is 4. The van der Waals surface area contributed by atoms with E-state index in [9.17, 15) is 19.2 Å². The molecule has 2 fully saturated rings. The van der Waals surface area contributed by atoms with Gasteiger partial charge in [-0.1, -0.05) is 23.6 Å². The quantitative estimate of drug-likeness (QED) is 0.709. The van der Waals surface area contributed by atoms with Crippen LogP contribution in [0.3, 0.4) is 0 Å². The molecule has 29 heavy (non-hydrogen) atoms. The van der Waals surface area contributed by atoms with Crippen molar-refractivity contribution in [1.82, 2.24) is 9.96 Å². The van der Waals surface area contributed by atoms with Crippen LogP contribution in [0, 0.1) is 11.8 Å². The van der Waals surface area contributed by atoms with E-state index in [1.165, 1.54) is 17.0 Å². The summed E-state index contributed by atoms with van der Waals surface area (Å²) in [6.07, 6.45) is 2.08. The average Bonchev–Trinajstić information content (AvgIpc) is 3.29. The van der Waals surface area contributed by atoms with Gasteiger partial charge in [-0.05, 0) is 57.6 Å². The number of ether oxygens (including phenoxy) is 1. The zero-order valence-electron chi connectivity index (χ0n) is 16.7. The number of fused-ring (bicyclic) bond motifs is 2. The zero-order chi connectivity index (χ0) is 20.9. The van der Waals surface area contributed by atoms with Gasteiger partial charge in [0.1, 0.15) is 11.6 Å². The van der Waals surface area contributed by atoms with Gasteiger partial charge in [-0.2, -0.15) is 0 Å². The van der Waals surface area contributed by atoms with E-state index in [0.717, 1.165) is 19.3 Å². The molecule has 1 aromatic carbocycles. The highest BCUT2D eigenvalue weighted by molar-refractivity contribution is 6.20. The third-order valence-electron chi connectivity index (χ3n) is 5.70. The van der Waals surface area contributed by atoms with E-state index in [4.69, 9.17) is 9.57 Å². The van der Waals surface area contributed by atoms with E-state index < -0.39 is 35.5 Å². The lowest BCUT2D eigenvalue weighted by molar-refractivity contribution is -0.175. The number of nitrogens with zero attached hydrogens (tertiary/aromatic N) is 2. The van der Waals surface area contributed by atoms with Crippen LogP contribution in [0.4, 0.5) is 4.79 Å². The van der Waals surface area contributed by atoms with Crippen molar-refractivity contribution in [3.8, 4) is 0 Å². The molecule has 1 aromatic rings. The molecule has 4 rings (SSSR count). The number of hydrogen-bond donors (Lipinski definition) is 0. The Kier molecular flexibility index (Phi) is 4.59. The molecule has 1 saturated carbocycles. The van der Waals surface area contributed by atoms with Crippen LogP contribution >= 0.6 is 0 Å². The number of benzene rings is 1. The Bertz CT molecular complexity index is 854. The second-order valence-corrected chi connectivity index (χ2v) is 8.79. The molecule has 0 spiro atoms. The van der Waals surface area contributed by atoms with Crippen molar-refractivity contribution in [3.63, 3.8) is 0 Å². The summed E-state index contributed by atoms with van der Waals surface area (Å²) in [4.78, 5) is 57.4. The number of likely N-dealkylation sites (tertiary alicyclic amines) is 1. The number of imide groups is 1. The summed E-state index contributed by atoms with van der Waals surface area (Å²) in [5.74, 6) is -2.01. The smallest absolute Gasteiger partial charge is 0.411 e. The number of hydroxylamine groups is 2. The van der Waals surface area contributed by atoms with Crippen molar-refractivity contribution in [3.05, 3.63) is 35.4 Å². The number of hydrogen-bond acceptors (Lipinski definition) is 6. The Labute approximate surface area is 168 Å². The Hall–Kier alpha value is -2.90. The minimum atomic E-state index is -0.873. The largest absolute Gasteiger partial charge is 0.444 e. The average molecular weight is 400 g/mol. The van der Waals surface area contributed by atoms with Crippen LogP contribution in [0.5, 0.6) is 0 Å². The molecule has 3 atom stereocenters. The number of carbonyl (C=O) groups is 4. The monoisotopic (exact) mass is 400 g/mol. The molecule has 2 heterocycles. The van der Waals surface area contributed by atoms with E-state index in [-0.39, 0.29) is 23.0 Å². The van der Waals surface area contributed by atoms with Crippen molar-refractivity contribution in [2.75, 3.05) is 6.54 Å². The minimum Gasteiger partial charge on any atom is -0.444 e. The molecule has 2 aliphatic heterocycles.